The molecule has 0 aliphatic heterocycles. The number of carbonyl (C=O) groups excluding carboxylic acids is 1. The predicted molar refractivity (Wildman–Crippen MR) is 16.8 cm³/mol. The average Bonchev–Trinajstić information content (AvgIpc) is 0.918. The minimum atomic E-state index is 0. The molecular formula is CH3OPRh. The van der Waals surface area contributed by atoms with E-state index in [9.17, 15) is 0 Å². The van der Waals surface area contributed by atoms with Crippen LogP contribution in [0.3, 0.4) is 0 Å². The zero-order valence-corrected chi connectivity index (χ0v) is 5.00. The summed E-state index contributed by atoms with van der Waals surface area (Å²) in [5, 5.41) is 0. The van der Waals surface area contributed by atoms with E-state index in [-0.39, 0.29) is 9.90 Å². The molecular weight excluding hydrogens is 162 g/mol. The van der Waals surface area contributed by atoms with Gasteiger partial charge in [-0.25, -0.2) is 0 Å². The Balaban J connectivity index is 0. The predicted octanol–water partition coefficient (Wildman–Crippen LogP) is -0.342. The van der Waals surface area contributed by atoms with Crippen molar-refractivity contribution < 1.29 is 22.6 Å². The zero-order valence-electron chi connectivity index (χ0n) is 1.95. The maximum Gasteiger partial charge on any atom is -0.153 e. The van der Waals surface area contributed by atoms with Crippen LogP contribution >= 0.6 is 9.90 Å². The molecule has 0 amide bonds. The first-order valence-corrected chi connectivity index (χ1v) is 1.19. The van der Waals surface area contributed by atoms with E-state index >= 15 is 0 Å². The minimum absolute atomic E-state index is 0. The molecule has 1 unspecified atom stereocenters. The Morgan fingerprint density at radius 1 is 1.75 bits per heavy atom. The molecule has 0 spiro atoms. The number of hydrogen-bond donors (Lipinski definition) is 0. The van der Waals surface area contributed by atoms with Gasteiger partial charge in [0.2, 0.25) is 0 Å². The first kappa shape index (κ1) is 8.82. The second-order valence-electron chi connectivity index (χ2n) is 0.0680. The van der Waals surface area contributed by atoms with E-state index in [1.165, 1.54) is 4.47 Å². The molecule has 0 heterocycles. The first-order valence-electron chi connectivity index (χ1n) is 0.371. The molecule has 0 N–H and O–H groups in total. The Hall–Kier alpha value is 0.633. The van der Waals surface area contributed by atoms with Crippen molar-refractivity contribution in [3.05, 3.63) is 0 Å². The third kappa shape index (κ3) is 17.5. The van der Waals surface area contributed by atoms with Gasteiger partial charge in [0, 0.05) is 0 Å². The molecule has 0 radical (unpaired) electrons. The summed E-state index contributed by atoms with van der Waals surface area (Å²) in [6.07, 6.45) is 0. The van der Waals surface area contributed by atoms with Crippen LogP contribution in [0.2, 0.25) is 0 Å². The van der Waals surface area contributed by atoms with Gasteiger partial charge in [0.25, 0.3) is 0 Å². The van der Waals surface area contributed by atoms with Gasteiger partial charge in [-0.15, -0.1) is 0 Å². The van der Waals surface area contributed by atoms with E-state index in [0.29, 0.717) is 0 Å². The molecule has 0 aliphatic carbocycles. The zero-order chi connectivity index (χ0) is 2.71. The summed E-state index contributed by atoms with van der Waals surface area (Å²) in [5.74, 6) is 0. The van der Waals surface area contributed by atoms with Crippen LogP contribution in [0, 0.1) is 0 Å². The second kappa shape index (κ2) is 9.44. The van der Waals surface area contributed by atoms with Crippen molar-refractivity contribution >= 4 is 14.4 Å². The van der Waals surface area contributed by atoms with Crippen molar-refractivity contribution in [2.75, 3.05) is 0 Å². The van der Waals surface area contributed by atoms with Gasteiger partial charge in [0.15, 0.2) is 0 Å². The van der Waals surface area contributed by atoms with Crippen LogP contribution in [0.15, 0.2) is 0 Å². The normalized spacial score (nSPS) is 2.25. The van der Waals surface area contributed by atoms with Crippen molar-refractivity contribution in [2.24, 2.45) is 0 Å². The quantitative estimate of drug-likeness (QED) is 0.354. The molecule has 1 nitrogen and oxygen atoms in total. The molecule has 27 valence electrons. The largest absolute Gasteiger partial charge is 0.153 e. The summed E-state index contributed by atoms with van der Waals surface area (Å²) in [6.45, 7) is 0. The van der Waals surface area contributed by atoms with Crippen molar-refractivity contribution in [3.63, 3.8) is 0 Å². The van der Waals surface area contributed by atoms with Crippen LogP contribution < -0.4 is 0 Å². The molecule has 1 atom stereocenters. The van der Waals surface area contributed by atoms with E-state index in [1.54, 1.807) is 0 Å². The summed E-state index contributed by atoms with van der Waals surface area (Å²) < 4.78 is 1.39. The van der Waals surface area contributed by atoms with E-state index in [1.807, 2.05) is 17.9 Å². The van der Waals surface area contributed by atoms with Crippen molar-refractivity contribution in [3.8, 4) is 0 Å². The molecule has 0 aromatic rings. The van der Waals surface area contributed by atoms with Gasteiger partial charge in [-0.2, -0.15) is 9.90 Å². The third-order valence-electron chi connectivity index (χ3n) is 0. The second-order valence-corrected chi connectivity index (χ2v) is 0.403. The van der Waals surface area contributed by atoms with Crippen LogP contribution in [0.25, 0.3) is 0 Å². The fraction of sp³-hybridized carbons (Fsp3) is 0. The maximum atomic E-state index is 8.63. The molecule has 0 aromatic carbocycles. The molecule has 0 aliphatic rings. The first-order chi connectivity index (χ1) is 1.41. The molecule has 3 heteroatoms. The molecule has 4 heavy (non-hydrogen) atoms. The minimum Gasteiger partial charge on any atom is -0.153 e. The summed E-state index contributed by atoms with van der Waals surface area (Å²) in [5.41, 5.74) is 0. The average molecular weight is 165 g/mol. The van der Waals surface area contributed by atoms with Gasteiger partial charge >= 0.3 is 27.1 Å². The smallest absolute Gasteiger partial charge is 0.153 e. The van der Waals surface area contributed by atoms with E-state index in [0.717, 1.165) is 0 Å². The Kier molecular flexibility index (Phi) is 20.8. The molecule has 0 bridgehead atoms. The topological polar surface area (TPSA) is 17.1 Å². The standard InChI is InChI=1S/CO.H3P.Rh/c1-2;;/h;1H3;. The summed E-state index contributed by atoms with van der Waals surface area (Å²) in [7, 11) is 0. The number of rotatable bonds is 0. The monoisotopic (exact) mass is 165 g/mol. The fourth-order valence-corrected chi connectivity index (χ4v) is 0. The van der Waals surface area contributed by atoms with Crippen LogP contribution in [0.5, 0.6) is 0 Å². The van der Waals surface area contributed by atoms with Crippen LogP contribution in [-0.2, 0) is 22.6 Å². The van der Waals surface area contributed by atoms with Crippen LogP contribution in [-0.4, -0.2) is 4.47 Å². The maximum absolute atomic E-state index is 8.63. The molecule has 0 aromatic heterocycles. The van der Waals surface area contributed by atoms with Crippen molar-refractivity contribution in [1.82, 2.24) is 0 Å². The summed E-state index contributed by atoms with van der Waals surface area (Å²) in [4.78, 5) is 8.63. The third-order valence-corrected chi connectivity index (χ3v) is 0. The molecule has 0 fully saturated rings. The van der Waals surface area contributed by atoms with Gasteiger partial charge in [-0.3, -0.25) is 0 Å². The van der Waals surface area contributed by atoms with Crippen molar-refractivity contribution in [1.29, 1.82) is 0 Å². The molecule has 0 rings (SSSR count). The van der Waals surface area contributed by atoms with Crippen molar-refractivity contribution in [2.45, 2.75) is 0 Å². The van der Waals surface area contributed by atoms with Gasteiger partial charge in [0.05, 0.1) is 0 Å². The number of hydrogen-bond acceptors (Lipinski definition) is 1. The Bertz CT molecular complexity index is 29.0. The van der Waals surface area contributed by atoms with Crippen LogP contribution in [0.4, 0.5) is 0 Å². The Labute approximate surface area is 37.6 Å². The van der Waals surface area contributed by atoms with Gasteiger partial charge < -0.3 is 0 Å². The van der Waals surface area contributed by atoms with E-state index in [2.05, 4.69) is 0 Å². The summed E-state index contributed by atoms with van der Waals surface area (Å²) in [6, 6.07) is 0. The van der Waals surface area contributed by atoms with Gasteiger partial charge in [-0.1, -0.05) is 0 Å². The van der Waals surface area contributed by atoms with E-state index in [4.69, 9.17) is 4.79 Å². The van der Waals surface area contributed by atoms with E-state index < -0.39 is 0 Å². The van der Waals surface area contributed by atoms with Gasteiger partial charge in [-0.05, 0) is 0 Å². The molecule has 0 saturated heterocycles. The summed E-state index contributed by atoms with van der Waals surface area (Å²) >= 11 is 1.92. The van der Waals surface area contributed by atoms with Gasteiger partial charge in [0.1, 0.15) is 0 Å². The fourth-order valence-electron chi connectivity index (χ4n) is 0. The SMILES string of the molecule is O=[C]=[Rh].P. The Morgan fingerprint density at radius 2 is 1.75 bits per heavy atom. The molecule has 0 saturated carbocycles. The van der Waals surface area contributed by atoms with Crippen LogP contribution in [0.1, 0.15) is 0 Å². The Morgan fingerprint density at radius 3 is 1.75 bits per heavy atom.